The number of nitrogens with zero attached hydrogens (tertiary/aromatic N) is 2. The van der Waals surface area contributed by atoms with Gasteiger partial charge in [-0.1, -0.05) is 0 Å². The summed E-state index contributed by atoms with van der Waals surface area (Å²) < 4.78 is 10.7. The predicted octanol–water partition coefficient (Wildman–Crippen LogP) is 2.15. The van der Waals surface area contributed by atoms with Crippen LogP contribution in [0.4, 0.5) is 0 Å². The first-order chi connectivity index (χ1) is 11.5. The normalized spacial score (nSPS) is 14.0. The van der Waals surface area contributed by atoms with Gasteiger partial charge in [-0.25, -0.2) is 4.98 Å². The van der Waals surface area contributed by atoms with Crippen LogP contribution in [0.2, 0.25) is 0 Å². The molecule has 2 aromatic rings. The maximum Gasteiger partial charge on any atom is 0.231 e. The van der Waals surface area contributed by atoms with E-state index >= 15 is 0 Å². The molecule has 0 bridgehead atoms. The molecule has 128 valence electrons. The summed E-state index contributed by atoms with van der Waals surface area (Å²) >= 11 is 1.52. The fourth-order valence-corrected chi connectivity index (χ4v) is 3.04. The lowest BCUT2D eigenvalue weighted by Crippen LogP contribution is -2.38. The second-order valence-corrected chi connectivity index (χ2v) is 6.86. The summed E-state index contributed by atoms with van der Waals surface area (Å²) in [5, 5.41) is 5.74. The maximum atomic E-state index is 12.0. The smallest absolute Gasteiger partial charge is 0.231 e. The molecular formula is C17H21N3O3S. The minimum absolute atomic E-state index is 0.00811. The Kier molecular flexibility index (Phi) is 5.01. The first-order valence-corrected chi connectivity index (χ1v) is 8.68. The van der Waals surface area contributed by atoms with Crippen LogP contribution in [0.1, 0.15) is 12.6 Å². The van der Waals surface area contributed by atoms with E-state index in [1.807, 2.05) is 37.7 Å². The predicted molar refractivity (Wildman–Crippen MR) is 93.5 cm³/mol. The Hall–Kier alpha value is -2.12. The van der Waals surface area contributed by atoms with Gasteiger partial charge in [-0.05, 0) is 39.2 Å². The monoisotopic (exact) mass is 347 g/mol. The minimum Gasteiger partial charge on any atom is -0.454 e. The van der Waals surface area contributed by atoms with Crippen molar-refractivity contribution in [2.45, 2.75) is 19.4 Å². The Morgan fingerprint density at radius 3 is 2.96 bits per heavy atom. The van der Waals surface area contributed by atoms with Gasteiger partial charge in [0.15, 0.2) is 11.5 Å². The van der Waals surface area contributed by atoms with Crippen LogP contribution in [0.25, 0.3) is 10.6 Å². The van der Waals surface area contributed by atoms with Crippen molar-refractivity contribution in [3.63, 3.8) is 0 Å². The van der Waals surface area contributed by atoms with Gasteiger partial charge in [0.25, 0.3) is 0 Å². The average molecular weight is 347 g/mol. The summed E-state index contributed by atoms with van der Waals surface area (Å²) in [6.07, 6.45) is 0.293. The second kappa shape index (κ2) is 7.19. The zero-order chi connectivity index (χ0) is 17.1. The van der Waals surface area contributed by atoms with E-state index in [4.69, 9.17) is 9.47 Å². The molecule has 0 fully saturated rings. The van der Waals surface area contributed by atoms with Gasteiger partial charge in [0, 0.05) is 23.5 Å². The maximum absolute atomic E-state index is 12.0. The van der Waals surface area contributed by atoms with E-state index < -0.39 is 0 Å². The molecule has 0 saturated heterocycles. The van der Waals surface area contributed by atoms with Crippen molar-refractivity contribution in [3.05, 3.63) is 29.3 Å². The largest absolute Gasteiger partial charge is 0.454 e. The Morgan fingerprint density at radius 2 is 2.17 bits per heavy atom. The molecular weight excluding hydrogens is 326 g/mol. The fraction of sp³-hybridized carbons (Fsp3) is 0.412. The van der Waals surface area contributed by atoms with Crippen LogP contribution >= 0.6 is 11.3 Å². The number of fused-ring (bicyclic) bond motifs is 1. The molecule has 0 radical (unpaired) electrons. The van der Waals surface area contributed by atoms with E-state index in [1.54, 1.807) is 0 Å². The average Bonchev–Trinajstić information content (AvgIpc) is 3.20. The summed E-state index contributed by atoms with van der Waals surface area (Å²) in [5.74, 6) is 1.48. The molecule has 0 aliphatic carbocycles. The fourth-order valence-electron chi connectivity index (χ4n) is 2.22. The van der Waals surface area contributed by atoms with Gasteiger partial charge in [0.05, 0.1) is 12.1 Å². The lowest BCUT2D eigenvalue weighted by Gasteiger charge is -2.19. The van der Waals surface area contributed by atoms with Gasteiger partial charge in [-0.15, -0.1) is 11.3 Å². The zero-order valence-corrected chi connectivity index (χ0v) is 14.9. The van der Waals surface area contributed by atoms with E-state index in [1.165, 1.54) is 11.3 Å². The van der Waals surface area contributed by atoms with E-state index in [9.17, 15) is 4.79 Å². The Labute approximate surface area is 145 Å². The van der Waals surface area contributed by atoms with Crippen molar-refractivity contribution < 1.29 is 14.3 Å². The molecule has 2 heterocycles. The van der Waals surface area contributed by atoms with Crippen molar-refractivity contribution in [2.75, 3.05) is 27.4 Å². The lowest BCUT2D eigenvalue weighted by molar-refractivity contribution is -0.120. The van der Waals surface area contributed by atoms with Gasteiger partial charge in [0.1, 0.15) is 5.01 Å². The highest BCUT2D eigenvalue weighted by Gasteiger charge is 2.16. The van der Waals surface area contributed by atoms with Crippen molar-refractivity contribution in [1.82, 2.24) is 15.2 Å². The standard InChI is InChI=1S/C17H21N3O3S/c1-11(20(2)3)8-18-16(21)7-13-9-24-17(19-13)12-4-5-14-15(6-12)23-10-22-14/h4-6,9,11H,7-8,10H2,1-3H3,(H,18,21). The third-order valence-corrected chi connectivity index (χ3v) is 4.93. The molecule has 1 aliphatic rings. The zero-order valence-electron chi connectivity index (χ0n) is 14.0. The molecule has 1 aliphatic heterocycles. The number of benzene rings is 1. The molecule has 6 nitrogen and oxygen atoms in total. The van der Waals surface area contributed by atoms with Gasteiger partial charge in [0.2, 0.25) is 12.7 Å². The molecule has 0 saturated carbocycles. The summed E-state index contributed by atoms with van der Waals surface area (Å²) in [4.78, 5) is 18.7. The van der Waals surface area contributed by atoms with Gasteiger partial charge in [-0.2, -0.15) is 0 Å². The summed E-state index contributed by atoms with van der Waals surface area (Å²) in [6, 6.07) is 6.06. The molecule has 1 atom stereocenters. The number of carbonyl (C=O) groups excluding carboxylic acids is 1. The van der Waals surface area contributed by atoms with E-state index in [0.29, 0.717) is 19.0 Å². The molecule has 1 unspecified atom stereocenters. The Bertz CT molecular complexity index is 730. The molecule has 3 rings (SSSR count). The number of likely N-dealkylation sites (N-methyl/N-ethyl adjacent to an activating group) is 1. The SMILES string of the molecule is CC(CNC(=O)Cc1csc(-c2ccc3c(c2)OCO3)n1)N(C)C. The quantitative estimate of drug-likeness (QED) is 0.867. The third-order valence-electron chi connectivity index (χ3n) is 3.99. The number of aromatic nitrogens is 1. The summed E-state index contributed by atoms with van der Waals surface area (Å²) in [5.41, 5.74) is 1.75. The number of carbonyl (C=O) groups is 1. The lowest BCUT2D eigenvalue weighted by atomic mass is 10.2. The second-order valence-electron chi connectivity index (χ2n) is 6.01. The molecule has 1 aromatic heterocycles. The molecule has 1 amide bonds. The van der Waals surface area contributed by atoms with Crippen LogP contribution in [0.15, 0.2) is 23.6 Å². The number of hydrogen-bond donors (Lipinski definition) is 1. The number of amides is 1. The molecule has 1 N–H and O–H groups in total. The molecule has 1 aromatic carbocycles. The topological polar surface area (TPSA) is 63.7 Å². The number of thiazole rings is 1. The molecule has 24 heavy (non-hydrogen) atoms. The number of ether oxygens (including phenoxy) is 2. The van der Waals surface area contributed by atoms with Gasteiger partial charge in [-0.3, -0.25) is 4.79 Å². The van der Waals surface area contributed by atoms with E-state index in [0.717, 1.165) is 27.8 Å². The van der Waals surface area contributed by atoms with E-state index in [2.05, 4.69) is 22.1 Å². The number of nitrogens with one attached hydrogen (secondary N) is 1. The van der Waals surface area contributed by atoms with Crippen LogP contribution in [-0.2, 0) is 11.2 Å². The van der Waals surface area contributed by atoms with Crippen molar-refractivity contribution >= 4 is 17.2 Å². The third kappa shape index (κ3) is 3.85. The van der Waals surface area contributed by atoms with Gasteiger partial charge >= 0.3 is 0 Å². The van der Waals surface area contributed by atoms with E-state index in [-0.39, 0.29) is 12.7 Å². The van der Waals surface area contributed by atoms with Crippen molar-refractivity contribution in [1.29, 1.82) is 0 Å². The van der Waals surface area contributed by atoms with Crippen LogP contribution in [0.3, 0.4) is 0 Å². The minimum atomic E-state index is -0.00811. The van der Waals surface area contributed by atoms with Crippen LogP contribution in [0.5, 0.6) is 11.5 Å². The van der Waals surface area contributed by atoms with Crippen molar-refractivity contribution in [3.8, 4) is 22.1 Å². The highest BCUT2D eigenvalue weighted by atomic mass is 32.1. The highest BCUT2D eigenvalue weighted by Crippen LogP contribution is 2.36. The van der Waals surface area contributed by atoms with Crippen LogP contribution < -0.4 is 14.8 Å². The van der Waals surface area contributed by atoms with Crippen molar-refractivity contribution in [2.24, 2.45) is 0 Å². The van der Waals surface area contributed by atoms with Gasteiger partial charge < -0.3 is 19.7 Å². The van der Waals surface area contributed by atoms with Crippen LogP contribution in [0, 0.1) is 0 Å². The Balaban J connectivity index is 1.60. The highest BCUT2D eigenvalue weighted by molar-refractivity contribution is 7.13. The molecule has 0 spiro atoms. The summed E-state index contributed by atoms with van der Waals surface area (Å²) in [6.45, 7) is 2.96. The van der Waals surface area contributed by atoms with Crippen LogP contribution in [-0.4, -0.2) is 49.3 Å². The summed E-state index contributed by atoms with van der Waals surface area (Å²) in [7, 11) is 3.99. The molecule has 7 heteroatoms. The first kappa shape index (κ1) is 16.7. The number of hydrogen-bond acceptors (Lipinski definition) is 6. The number of rotatable bonds is 6. The Morgan fingerprint density at radius 1 is 1.38 bits per heavy atom. The first-order valence-electron chi connectivity index (χ1n) is 7.80.